The molecule has 1 heterocycles. The molecule has 1 aliphatic carbocycles. The van der Waals surface area contributed by atoms with Gasteiger partial charge in [-0.1, -0.05) is 23.7 Å². The van der Waals surface area contributed by atoms with E-state index >= 15 is 0 Å². The highest BCUT2D eigenvalue weighted by molar-refractivity contribution is 7.16. The van der Waals surface area contributed by atoms with Gasteiger partial charge in [-0.05, 0) is 42.2 Å². The second kappa shape index (κ2) is 7.55. The molecular formula is C17H16Cl2N2O2S. The van der Waals surface area contributed by atoms with Crippen LogP contribution in [0.1, 0.15) is 28.3 Å². The van der Waals surface area contributed by atoms with Crippen molar-refractivity contribution in [2.75, 3.05) is 11.2 Å². The third kappa shape index (κ3) is 3.91. The standard InChI is InChI=1S/C17H16Cl2N2O2S/c18-8-15(22)21-16-7-13-12(4-5-14(13)24-16)17(23)20-9-10-2-1-3-11(19)6-10/h1-3,6-7,12H,4-5,8-9H2,(H,20,23)(H,21,22). The maximum absolute atomic E-state index is 12.5. The number of carbonyl (C=O) groups is 2. The van der Waals surface area contributed by atoms with Gasteiger partial charge in [0.25, 0.3) is 0 Å². The molecule has 1 aromatic heterocycles. The molecule has 0 saturated heterocycles. The monoisotopic (exact) mass is 382 g/mol. The first kappa shape index (κ1) is 17.3. The van der Waals surface area contributed by atoms with Crippen molar-refractivity contribution in [3.8, 4) is 0 Å². The van der Waals surface area contributed by atoms with Crippen molar-refractivity contribution in [2.24, 2.45) is 0 Å². The second-order valence-electron chi connectivity index (χ2n) is 5.61. The van der Waals surface area contributed by atoms with E-state index < -0.39 is 0 Å². The van der Waals surface area contributed by atoms with Crippen LogP contribution >= 0.6 is 34.5 Å². The maximum Gasteiger partial charge on any atom is 0.239 e. The predicted octanol–water partition coefficient (Wildman–Crippen LogP) is 3.93. The summed E-state index contributed by atoms with van der Waals surface area (Å²) in [6.07, 6.45) is 1.65. The number of nitrogens with one attached hydrogen (secondary N) is 2. The smallest absolute Gasteiger partial charge is 0.239 e. The molecule has 0 bridgehead atoms. The fourth-order valence-electron chi connectivity index (χ4n) is 2.83. The molecule has 1 aliphatic rings. The van der Waals surface area contributed by atoms with E-state index in [0.29, 0.717) is 11.6 Å². The Balaban J connectivity index is 1.64. The van der Waals surface area contributed by atoms with Crippen LogP contribution < -0.4 is 10.6 Å². The first-order valence-electron chi connectivity index (χ1n) is 7.57. The van der Waals surface area contributed by atoms with Gasteiger partial charge in [0.05, 0.1) is 10.9 Å². The van der Waals surface area contributed by atoms with Crippen LogP contribution in [0, 0.1) is 0 Å². The van der Waals surface area contributed by atoms with Crippen molar-refractivity contribution in [3.63, 3.8) is 0 Å². The maximum atomic E-state index is 12.5. The third-order valence-electron chi connectivity index (χ3n) is 3.93. The van der Waals surface area contributed by atoms with Gasteiger partial charge in [0.1, 0.15) is 5.88 Å². The quantitative estimate of drug-likeness (QED) is 0.769. The number of benzene rings is 1. The van der Waals surface area contributed by atoms with E-state index in [1.165, 1.54) is 11.3 Å². The van der Waals surface area contributed by atoms with Crippen molar-refractivity contribution in [1.29, 1.82) is 0 Å². The Morgan fingerprint density at radius 3 is 2.88 bits per heavy atom. The van der Waals surface area contributed by atoms with E-state index in [1.807, 2.05) is 24.3 Å². The minimum atomic E-state index is -0.237. The molecule has 4 nitrogen and oxygen atoms in total. The zero-order valence-corrected chi connectivity index (χ0v) is 15.1. The molecule has 2 amide bonds. The molecule has 0 fully saturated rings. The molecule has 24 heavy (non-hydrogen) atoms. The summed E-state index contributed by atoms with van der Waals surface area (Å²) >= 11 is 13.0. The first-order chi connectivity index (χ1) is 11.6. The van der Waals surface area contributed by atoms with Crippen LogP contribution in [-0.2, 0) is 22.6 Å². The number of rotatable bonds is 5. The Morgan fingerprint density at radius 1 is 1.29 bits per heavy atom. The number of hydrogen-bond donors (Lipinski definition) is 2. The Labute approximate surface area is 154 Å². The van der Waals surface area contributed by atoms with Crippen LogP contribution in [0.4, 0.5) is 5.00 Å². The molecule has 126 valence electrons. The summed E-state index contributed by atoms with van der Waals surface area (Å²) in [6, 6.07) is 9.32. The first-order valence-corrected chi connectivity index (χ1v) is 9.30. The van der Waals surface area contributed by atoms with Gasteiger partial charge in [0.2, 0.25) is 11.8 Å². The lowest BCUT2D eigenvalue weighted by molar-refractivity contribution is -0.122. The zero-order valence-electron chi connectivity index (χ0n) is 12.8. The van der Waals surface area contributed by atoms with Crippen molar-refractivity contribution >= 4 is 51.4 Å². The summed E-state index contributed by atoms with van der Waals surface area (Å²) in [6.45, 7) is 0.450. The summed E-state index contributed by atoms with van der Waals surface area (Å²) in [7, 11) is 0. The van der Waals surface area contributed by atoms with E-state index in [0.717, 1.165) is 33.8 Å². The lowest BCUT2D eigenvalue weighted by Gasteiger charge is -2.11. The van der Waals surface area contributed by atoms with Gasteiger partial charge >= 0.3 is 0 Å². The molecule has 1 unspecified atom stereocenters. The van der Waals surface area contributed by atoms with Crippen molar-refractivity contribution in [3.05, 3.63) is 51.4 Å². The van der Waals surface area contributed by atoms with Crippen LogP contribution in [0.3, 0.4) is 0 Å². The van der Waals surface area contributed by atoms with Crippen LogP contribution in [0.2, 0.25) is 5.02 Å². The zero-order chi connectivity index (χ0) is 17.1. The number of anilines is 1. The van der Waals surface area contributed by atoms with Gasteiger partial charge < -0.3 is 10.6 Å². The molecule has 0 spiro atoms. The third-order valence-corrected chi connectivity index (χ3v) is 5.54. The Hall–Kier alpha value is -1.56. The molecule has 2 aromatic rings. The van der Waals surface area contributed by atoms with Crippen LogP contribution in [-0.4, -0.2) is 17.7 Å². The van der Waals surface area contributed by atoms with E-state index in [9.17, 15) is 9.59 Å². The average Bonchev–Trinajstić information content (AvgIpc) is 3.12. The van der Waals surface area contributed by atoms with Gasteiger partial charge in [-0.2, -0.15) is 0 Å². The Bertz CT molecular complexity index is 776. The normalized spacial score (nSPS) is 15.8. The number of aryl methyl sites for hydroxylation is 1. The number of halogens is 2. The number of carbonyl (C=O) groups excluding carboxylic acids is 2. The fraction of sp³-hybridized carbons (Fsp3) is 0.294. The van der Waals surface area contributed by atoms with Crippen LogP contribution in [0.5, 0.6) is 0 Å². The largest absolute Gasteiger partial charge is 0.351 e. The SMILES string of the molecule is O=C(CCl)Nc1cc2c(s1)CCC2C(=O)NCc1cccc(Cl)c1. The minimum absolute atomic E-state index is 0.00162. The van der Waals surface area contributed by atoms with E-state index in [2.05, 4.69) is 10.6 Å². The van der Waals surface area contributed by atoms with E-state index in [-0.39, 0.29) is 23.6 Å². The van der Waals surface area contributed by atoms with Crippen molar-refractivity contribution in [2.45, 2.75) is 25.3 Å². The van der Waals surface area contributed by atoms with E-state index in [4.69, 9.17) is 23.2 Å². The number of hydrogen-bond acceptors (Lipinski definition) is 3. The highest BCUT2D eigenvalue weighted by atomic mass is 35.5. The topological polar surface area (TPSA) is 58.2 Å². The highest BCUT2D eigenvalue weighted by Crippen LogP contribution is 2.41. The predicted molar refractivity (Wildman–Crippen MR) is 98.0 cm³/mol. The number of alkyl halides is 1. The van der Waals surface area contributed by atoms with Gasteiger partial charge in [-0.15, -0.1) is 22.9 Å². The molecule has 0 radical (unpaired) electrons. The van der Waals surface area contributed by atoms with Gasteiger partial charge in [-0.3, -0.25) is 9.59 Å². The second-order valence-corrected chi connectivity index (χ2v) is 7.45. The summed E-state index contributed by atoms with van der Waals surface area (Å²) < 4.78 is 0. The molecular weight excluding hydrogens is 367 g/mol. The molecule has 1 aromatic carbocycles. The van der Waals surface area contributed by atoms with Crippen molar-refractivity contribution in [1.82, 2.24) is 5.32 Å². The minimum Gasteiger partial charge on any atom is -0.351 e. The molecule has 0 aliphatic heterocycles. The van der Waals surface area contributed by atoms with Crippen LogP contribution in [0.15, 0.2) is 30.3 Å². The van der Waals surface area contributed by atoms with Crippen LogP contribution in [0.25, 0.3) is 0 Å². The number of thiophene rings is 1. The molecule has 1 atom stereocenters. The van der Waals surface area contributed by atoms with Gasteiger partial charge in [-0.25, -0.2) is 0 Å². The van der Waals surface area contributed by atoms with Crippen molar-refractivity contribution < 1.29 is 9.59 Å². The summed E-state index contributed by atoms with van der Waals surface area (Å²) in [5.41, 5.74) is 1.97. The lowest BCUT2D eigenvalue weighted by Crippen LogP contribution is -2.27. The van der Waals surface area contributed by atoms with Gasteiger partial charge in [0, 0.05) is 16.4 Å². The number of fused-ring (bicyclic) bond motifs is 1. The molecule has 3 rings (SSSR count). The molecule has 7 heteroatoms. The lowest BCUT2D eigenvalue weighted by atomic mass is 10.0. The molecule has 0 saturated carbocycles. The summed E-state index contributed by atoms with van der Waals surface area (Å²) in [5.74, 6) is -0.482. The fourth-order valence-corrected chi connectivity index (χ4v) is 4.26. The summed E-state index contributed by atoms with van der Waals surface area (Å²) in [4.78, 5) is 25.0. The van der Waals surface area contributed by atoms with Gasteiger partial charge in [0.15, 0.2) is 0 Å². The average molecular weight is 383 g/mol. The Kier molecular flexibility index (Phi) is 5.43. The highest BCUT2D eigenvalue weighted by Gasteiger charge is 2.30. The number of amides is 2. The molecule has 2 N–H and O–H groups in total. The summed E-state index contributed by atoms with van der Waals surface area (Å²) in [5, 5.41) is 7.12. The van der Waals surface area contributed by atoms with E-state index in [1.54, 1.807) is 6.07 Å². The Morgan fingerprint density at radius 2 is 2.12 bits per heavy atom.